The second-order valence-electron chi connectivity index (χ2n) is 7.04. The normalized spacial score (nSPS) is 15.1. The van der Waals surface area contributed by atoms with Gasteiger partial charge in [0.2, 0.25) is 5.95 Å². The highest BCUT2D eigenvalue weighted by molar-refractivity contribution is 6.15. The summed E-state index contributed by atoms with van der Waals surface area (Å²) in [5.74, 6) is -1.13. The number of amides is 1. The van der Waals surface area contributed by atoms with Crippen molar-refractivity contribution in [3.63, 3.8) is 0 Å². The van der Waals surface area contributed by atoms with Crippen molar-refractivity contribution in [2.24, 2.45) is 0 Å². The number of nitrogens with two attached hydrogens (primary N) is 1. The summed E-state index contributed by atoms with van der Waals surface area (Å²) >= 11 is 0. The highest BCUT2D eigenvalue weighted by Gasteiger charge is 2.44. The van der Waals surface area contributed by atoms with Crippen LogP contribution < -0.4 is 11.1 Å². The maximum atomic E-state index is 15.3. The van der Waals surface area contributed by atoms with Gasteiger partial charge in [0.1, 0.15) is 23.4 Å². The van der Waals surface area contributed by atoms with Crippen LogP contribution in [0.4, 0.5) is 15.9 Å². The molecule has 8 heteroatoms. The van der Waals surface area contributed by atoms with E-state index in [-0.39, 0.29) is 22.3 Å². The monoisotopic (exact) mass is 369 g/mol. The molecule has 2 heterocycles. The topological polar surface area (TPSA) is 95.1 Å². The number of ether oxygens (including phenoxy) is 1. The quantitative estimate of drug-likeness (QED) is 0.721. The summed E-state index contributed by atoms with van der Waals surface area (Å²) in [5, 5.41) is 2.98. The van der Waals surface area contributed by atoms with Crippen molar-refractivity contribution in [2.45, 2.75) is 31.9 Å². The molecule has 1 aromatic carbocycles. The Kier molecular flexibility index (Phi) is 4.07. The van der Waals surface area contributed by atoms with Crippen molar-refractivity contribution in [3.8, 4) is 0 Å². The van der Waals surface area contributed by atoms with E-state index in [0.717, 1.165) is 18.4 Å². The van der Waals surface area contributed by atoms with Crippen molar-refractivity contribution in [2.75, 3.05) is 18.2 Å². The Labute approximate surface area is 155 Å². The minimum absolute atomic E-state index is 0.0856. The maximum absolute atomic E-state index is 15.3. The number of fused-ring (bicyclic) bond motifs is 1. The first kappa shape index (κ1) is 17.4. The van der Waals surface area contributed by atoms with Crippen LogP contribution in [0.5, 0.6) is 0 Å². The fourth-order valence-corrected chi connectivity index (χ4v) is 3.26. The zero-order valence-corrected chi connectivity index (χ0v) is 15.1. The molecule has 0 saturated heterocycles. The molecule has 1 saturated carbocycles. The number of rotatable bonds is 5. The first-order valence-corrected chi connectivity index (χ1v) is 8.65. The third kappa shape index (κ3) is 2.91. The summed E-state index contributed by atoms with van der Waals surface area (Å²) in [6.45, 7) is 2.41. The molecular weight excluding hydrogens is 349 g/mol. The summed E-state index contributed by atoms with van der Waals surface area (Å²) in [6.07, 6.45) is 2.93. The largest absolute Gasteiger partial charge is 0.383 e. The standard InChI is InChI=1S/C19H20FN5O2/c1-19(7-8-19)25-15(20)13(14-16(21)22-10-23-17(14)25)18(26)24-12-5-3-11(4-6-12)9-27-2/h3-6,10H,7-9H2,1-2H3,(H,24,26)(H2,21,22,23). The highest BCUT2D eigenvalue weighted by atomic mass is 19.1. The van der Waals surface area contributed by atoms with Crippen LogP contribution >= 0.6 is 0 Å². The molecule has 0 atom stereocenters. The molecule has 1 fully saturated rings. The van der Waals surface area contributed by atoms with E-state index >= 15 is 4.39 Å². The molecule has 0 aliphatic heterocycles. The lowest BCUT2D eigenvalue weighted by molar-refractivity contribution is 0.102. The molecule has 4 rings (SSSR count). The minimum atomic E-state index is -0.634. The van der Waals surface area contributed by atoms with Gasteiger partial charge >= 0.3 is 0 Å². The fourth-order valence-electron chi connectivity index (χ4n) is 3.26. The Morgan fingerprint density at radius 3 is 2.67 bits per heavy atom. The third-order valence-electron chi connectivity index (χ3n) is 4.98. The average molecular weight is 369 g/mol. The van der Waals surface area contributed by atoms with Crippen LogP contribution in [-0.4, -0.2) is 27.6 Å². The molecule has 3 N–H and O–H groups in total. The minimum Gasteiger partial charge on any atom is -0.383 e. The molecule has 0 bridgehead atoms. The van der Waals surface area contributed by atoms with Crippen molar-refractivity contribution in [1.29, 1.82) is 0 Å². The number of halogens is 1. The summed E-state index contributed by atoms with van der Waals surface area (Å²) in [4.78, 5) is 21.0. The molecule has 7 nitrogen and oxygen atoms in total. The molecule has 1 aliphatic carbocycles. The van der Waals surface area contributed by atoms with Crippen LogP contribution in [0.1, 0.15) is 35.7 Å². The van der Waals surface area contributed by atoms with E-state index in [2.05, 4.69) is 15.3 Å². The Bertz CT molecular complexity index is 1020. The van der Waals surface area contributed by atoms with E-state index in [1.165, 1.54) is 10.9 Å². The Hall–Kier alpha value is -3.00. The zero-order valence-electron chi connectivity index (χ0n) is 15.1. The lowest BCUT2D eigenvalue weighted by atomic mass is 10.2. The van der Waals surface area contributed by atoms with Gasteiger partial charge in [0, 0.05) is 18.3 Å². The zero-order chi connectivity index (χ0) is 19.2. The van der Waals surface area contributed by atoms with Gasteiger partial charge in [-0.25, -0.2) is 9.97 Å². The second-order valence-corrected chi connectivity index (χ2v) is 7.04. The van der Waals surface area contributed by atoms with Crippen LogP contribution in [-0.2, 0) is 16.9 Å². The van der Waals surface area contributed by atoms with Gasteiger partial charge in [-0.15, -0.1) is 0 Å². The molecule has 0 unspecified atom stereocenters. The predicted octanol–water partition coefficient (Wildman–Crippen LogP) is 3.06. The maximum Gasteiger partial charge on any atom is 0.261 e. The molecule has 27 heavy (non-hydrogen) atoms. The molecule has 3 aromatic rings. The number of hydrogen-bond donors (Lipinski definition) is 2. The van der Waals surface area contributed by atoms with Gasteiger partial charge in [0.25, 0.3) is 5.91 Å². The van der Waals surface area contributed by atoms with E-state index in [0.29, 0.717) is 17.9 Å². The van der Waals surface area contributed by atoms with E-state index in [9.17, 15) is 4.79 Å². The van der Waals surface area contributed by atoms with Gasteiger partial charge in [-0.1, -0.05) is 12.1 Å². The van der Waals surface area contributed by atoms with Crippen LogP contribution in [0, 0.1) is 5.95 Å². The van der Waals surface area contributed by atoms with E-state index in [4.69, 9.17) is 10.5 Å². The van der Waals surface area contributed by atoms with Gasteiger partial charge in [0.15, 0.2) is 0 Å². The molecule has 1 amide bonds. The Morgan fingerprint density at radius 1 is 1.33 bits per heavy atom. The van der Waals surface area contributed by atoms with Crippen LogP contribution in [0.3, 0.4) is 0 Å². The summed E-state index contributed by atoms with van der Waals surface area (Å²) in [5.41, 5.74) is 7.32. The number of hydrogen-bond acceptors (Lipinski definition) is 5. The Morgan fingerprint density at radius 2 is 2.04 bits per heavy atom. The van der Waals surface area contributed by atoms with Crippen molar-refractivity contribution in [3.05, 3.63) is 47.7 Å². The third-order valence-corrected chi connectivity index (χ3v) is 4.98. The fraction of sp³-hybridized carbons (Fsp3) is 0.316. The van der Waals surface area contributed by atoms with Gasteiger partial charge in [0.05, 0.1) is 12.0 Å². The molecule has 140 valence electrons. The lowest BCUT2D eigenvalue weighted by Gasteiger charge is -2.12. The van der Waals surface area contributed by atoms with Crippen molar-refractivity contribution in [1.82, 2.24) is 14.5 Å². The van der Waals surface area contributed by atoms with Crippen LogP contribution in [0.25, 0.3) is 11.0 Å². The Balaban J connectivity index is 1.75. The number of methoxy groups -OCH3 is 1. The smallest absolute Gasteiger partial charge is 0.261 e. The van der Waals surface area contributed by atoms with Gasteiger partial charge in [-0.3, -0.25) is 9.36 Å². The molecule has 0 spiro atoms. The number of anilines is 2. The molecule has 2 aromatic heterocycles. The number of aromatic nitrogens is 3. The number of carbonyl (C=O) groups excluding carboxylic acids is 1. The van der Waals surface area contributed by atoms with Gasteiger partial charge < -0.3 is 15.8 Å². The summed E-state index contributed by atoms with van der Waals surface area (Å²) < 4.78 is 21.8. The number of nitrogens with one attached hydrogen (secondary N) is 1. The summed E-state index contributed by atoms with van der Waals surface area (Å²) in [6, 6.07) is 7.15. The average Bonchev–Trinajstić information content (AvgIpc) is 3.29. The number of benzene rings is 1. The van der Waals surface area contributed by atoms with Crippen LogP contribution in [0.15, 0.2) is 30.6 Å². The van der Waals surface area contributed by atoms with Gasteiger partial charge in [-0.2, -0.15) is 4.39 Å². The number of carbonyl (C=O) groups is 1. The van der Waals surface area contributed by atoms with Gasteiger partial charge in [-0.05, 0) is 37.5 Å². The highest BCUT2D eigenvalue weighted by Crippen LogP contribution is 2.47. The predicted molar refractivity (Wildman–Crippen MR) is 99.9 cm³/mol. The summed E-state index contributed by atoms with van der Waals surface area (Å²) in [7, 11) is 1.61. The molecular formula is C19H20FN5O2. The second kappa shape index (κ2) is 6.31. The van der Waals surface area contributed by atoms with Crippen LogP contribution in [0.2, 0.25) is 0 Å². The van der Waals surface area contributed by atoms with Crippen molar-refractivity contribution >= 4 is 28.4 Å². The SMILES string of the molecule is COCc1ccc(NC(=O)c2c(F)n(C3(C)CC3)c3ncnc(N)c23)cc1. The number of nitrogen functional groups attached to an aromatic ring is 1. The lowest BCUT2D eigenvalue weighted by Crippen LogP contribution is -2.18. The van der Waals surface area contributed by atoms with E-state index in [1.807, 2.05) is 19.1 Å². The van der Waals surface area contributed by atoms with Crippen molar-refractivity contribution < 1.29 is 13.9 Å². The first-order valence-electron chi connectivity index (χ1n) is 8.65. The number of nitrogens with zero attached hydrogens (tertiary/aromatic N) is 3. The molecule has 0 radical (unpaired) electrons. The van der Waals surface area contributed by atoms with E-state index < -0.39 is 11.9 Å². The molecule has 1 aliphatic rings. The van der Waals surface area contributed by atoms with E-state index in [1.54, 1.807) is 19.2 Å². The first-order chi connectivity index (χ1) is 12.9.